The Labute approximate surface area is 154 Å². The summed E-state index contributed by atoms with van der Waals surface area (Å²) in [5.41, 5.74) is 7.40. The van der Waals surface area contributed by atoms with Crippen molar-refractivity contribution in [3.8, 4) is 0 Å². The molecule has 4 rings (SSSR count). The van der Waals surface area contributed by atoms with Crippen LogP contribution in [0.1, 0.15) is 43.7 Å². The van der Waals surface area contributed by atoms with Crippen LogP contribution >= 0.6 is 0 Å². The Morgan fingerprint density at radius 2 is 2.04 bits per heavy atom. The molecule has 142 valence electrons. The van der Waals surface area contributed by atoms with Crippen LogP contribution in [0, 0.1) is 0 Å². The van der Waals surface area contributed by atoms with E-state index in [1.54, 1.807) is 26.6 Å². The van der Waals surface area contributed by atoms with Crippen LogP contribution in [0.3, 0.4) is 0 Å². The minimum Gasteiger partial charge on any atom is -0.381 e. The van der Waals surface area contributed by atoms with Crippen LogP contribution in [0.4, 0.5) is 0 Å². The van der Waals surface area contributed by atoms with Crippen molar-refractivity contribution in [2.24, 2.45) is 0 Å². The van der Waals surface area contributed by atoms with Gasteiger partial charge in [-0.15, -0.1) is 0 Å². The molecule has 7 nitrogen and oxygen atoms in total. The predicted octanol–water partition coefficient (Wildman–Crippen LogP) is 1.17. The molecule has 0 bridgehead atoms. The van der Waals surface area contributed by atoms with E-state index in [0.29, 0.717) is 0 Å². The summed E-state index contributed by atoms with van der Waals surface area (Å²) in [4.78, 5) is 19.3. The van der Waals surface area contributed by atoms with Crippen LogP contribution < -0.4 is 10.9 Å². The van der Waals surface area contributed by atoms with Crippen molar-refractivity contribution in [3.05, 3.63) is 30.1 Å². The number of likely N-dealkylation sites (tertiary alicyclic amines) is 1. The molecule has 2 N–H and O–H groups in total. The van der Waals surface area contributed by atoms with Gasteiger partial charge in [0.05, 0.1) is 17.7 Å². The topological polar surface area (TPSA) is 75.7 Å². The zero-order valence-electron chi connectivity index (χ0n) is 15.5. The van der Waals surface area contributed by atoms with Crippen LogP contribution in [0.2, 0.25) is 0 Å². The Kier molecular flexibility index (Phi) is 4.96. The molecule has 1 aliphatic carbocycles. The molecule has 3 aliphatic rings. The highest BCUT2D eigenvalue weighted by Crippen LogP contribution is 2.43. The molecule has 0 spiro atoms. The van der Waals surface area contributed by atoms with Crippen LogP contribution in [0.15, 0.2) is 24.5 Å². The number of hydrogen-bond donors (Lipinski definition) is 2. The average molecular weight is 360 g/mol. The number of amides is 1. The van der Waals surface area contributed by atoms with Gasteiger partial charge in [0.15, 0.2) is 0 Å². The van der Waals surface area contributed by atoms with Crippen molar-refractivity contribution in [2.45, 2.75) is 61.9 Å². The largest absolute Gasteiger partial charge is 0.381 e. The second-order valence-electron chi connectivity index (χ2n) is 7.61. The Morgan fingerprint density at radius 3 is 2.77 bits per heavy atom. The molecule has 26 heavy (non-hydrogen) atoms. The maximum Gasteiger partial charge on any atom is 0.241 e. The Morgan fingerprint density at radius 1 is 1.23 bits per heavy atom. The Hall–Kier alpha value is -1.54. The van der Waals surface area contributed by atoms with Crippen molar-refractivity contribution in [3.63, 3.8) is 0 Å². The number of ether oxygens (including phenoxy) is 2. The van der Waals surface area contributed by atoms with Crippen LogP contribution in [-0.4, -0.2) is 60.3 Å². The number of hydrogen-bond acceptors (Lipinski definition) is 6. The van der Waals surface area contributed by atoms with Gasteiger partial charge in [0, 0.05) is 39.2 Å². The number of methoxy groups -OCH3 is 2. The molecule has 1 aromatic rings. The van der Waals surface area contributed by atoms with Crippen LogP contribution in [0.5, 0.6) is 0 Å². The van der Waals surface area contributed by atoms with Crippen LogP contribution in [0.25, 0.3) is 0 Å². The highest BCUT2D eigenvalue weighted by Gasteiger charge is 2.53. The van der Waals surface area contributed by atoms with Crippen LogP contribution in [-0.2, 0) is 14.3 Å². The summed E-state index contributed by atoms with van der Waals surface area (Å²) < 4.78 is 11.5. The summed E-state index contributed by atoms with van der Waals surface area (Å²) >= 11 is 0. The molecule has 0 radical (unpaired) electrons. The van der Waals surface area contributed by atoms with Gasteiger partial charge in [-0.2, -0.15) is 0 Å². The zero-order chi connectivity index (χ0) is 18.1. The summed E-state index contributed by atoms with van der Waals surface area (Å²) in [6.07, 6.45) is 8.21. The molecule has 1 saturated carbocycles. The third-order valence-corrected chi connectivity index (χ3v) is 6.47. The fourth-order valence-electron chi connectivity index (χ4n) is 4.87. The number of nitrogens with one attached hydrogen (secondary N) is 2. The van der Waals surface area contributed by atoms with Gasteiger partial charge in [0.25, 0.3) is 0 Å². The monoisotopic (exact) mass is 360 g/mol. The molecule has 2 unspecified atom stereocenters. The lowest BCUT2D eigenvalue weighted by Crippen LogP contribution is -2.56. The van der Waals surface area contributed by atoms with Gasteiger partial charge in [-0.05, 0) is 49.8 Å². The van der Waals surface area contributed by atoms with Gasteiger partial charge in [-0.25, -0.2) is 10.9 Å². The molecule has 5 atom stereocenters. The number of hydrazine groups is 1. The van der Waals surface area contributed by atoms with Crippen molar-refractivity contribution >= 4 is 5.91 Å². The van der Waals surface area contributed by atoms with Crippen molar-refractivity contribution in [2.75, 3.05) is 20.8 Å². The van der Waals surface area contributed by atoms with Gasteiger partial charge < -0.3 is 14.4 Å². The third-order valence-electron chi connectivity index (χ3n) is 6.47. The molecule has 1 amide bonds. The SMILES string of the molecule is CO[C@H]1CC[C@@]2(OC)CCN(C(=O)C3CC(c4ccncc4)NN3)[C@H]2C1. The van der Waals surface area contributed by atoms with Gasteiger partial charge >= 0.3 is 0 Å². The minimum absolute atomic E-state index is 0.0977. The second kappa shape index (κ2) is 7.23. The normalized spacial score (nSPS) is 36.9. The molecule has 7 heteroatoms. The van der Waals surface area contributed by atoms with E-state index in [4.69, 9.17) is 9.47 Å². The van der Waals surface area contributed by atoms with E-state index in [1.807, 2.05) is 17.0 Å². The number of fused-ring (bicyclic) bond motifs is 1. The van der Waals surface area contributed by atoms with E-state index in [0.717, 1.165) is 44.2 Å². The van der Waals surface area contributed by atoms with E-state index >= 15 is 0 Å². The number of pyridine rings is 1. The number of nitrogens with zero attached hydrogens (tertiary/aromatic N) is 2. The number of carbonyl (C=O) groups is 1. The molecule has 3 fully saturated rings. The van der Waals surface area contributed by atoms with Crippen molar-refractivity contribution in [1.82, 2.24) is 20.7 Å². The minimum atomic E-state index is -0.219. The summed E-state index contributed by atoms with van der Waals surface area (Å²) in [5.74, 6) is 0.162. The first-order valence-electron chi connectivity index (χ1n) is 9.46. The van der Waals surface area contributed by atoms with Gasteiger partial charge in [0.1, 0.15) is 6.04 Å². The third kappa shape index (κ3) is 3.03. The second-order valence-corrected chi connectivity index (χ2v) is 7.61. The lowest BCUT2D eigenvalue weighted by molar-refractivity contribution is -0.142. The summed E-state index contributed by atoms with van der Waals surface area (Å²) in [7, 11) is 3.54. The molecule has 2 aliphatic heterocycles. The quantitative estimate of drug-likeness (QED) is 0.840. The highest BCUT2D eigenvalue weighted by molar-refractivity contribution is 5.83. The first-order chi connectivity index (χ1) is 12.7. The Bertz CT molecular complexity index is 643. The average Bonchev–Trinajstić information content (AvgIpc) is 3.33. The Balaban J connectivity index is 1.46. The molecular weight excluding hydrogens is 332 g/mol. The molecule has 2 saturated heterocycles. The molecular formula is C19H28N4O3. The molecule has 0 aromatic carbocycles. The lowest BCUT2D eigenvalue weighted by atomic mass is 9.79. The zero-order valence-corrected chi connectivity index (χ0v) is 15.5. The summed E-state index contributed by atoms with van der Waals surface area (Å²) in [6.45, 7) is 0.756. The first kappa shape index (κ1) is 17.9. The summed E-state index contributed by atoms with van der Waals surface area (Å²) in [6, 6.07) is 3.98. The maximum atomic E-state index is 13.2. The fraction of sp³-hybridized carbons (Fsp3) is 0.684. The maximum absolute atomic E-state index is 13.2. The van der Waals surface area contributed by atoms with Gasteiger partial charge in [-0.3, -0.25) is 9.78 Å². The lowest BCUT2D eigenvalue weighted by Gasteiger charge is -2.43. The summed E-state index contributed by atoms with van der Waals surface area (Å²) in [5, 5.41) is 0. The highest BCUT2D eigenvalue weighted by atomic mass is 16.5. The number of rotatable bonds is 4. The van der Waals surface area contributed by atoms with Gasteiger partial charge in [-0.1, -0.05) is 0 Å². The van der Waals surface area contributed by atoms with E-state index in [9.17, 15) is 4.79 Å². The van der Waals surface area contributed by atoms with Gasteiger partial charge in [0.2, 0.25) is 5.91 Å². The predicted molar refractivity (Wildman–Crippen MR) is 96.2 cm³/mol. The van der Waals surface area contributed by atoms with Crippen molar-refractivity contribution in [1.29, 1.82) is 0 Å². The standard InChI is InChI=1S/C19H28N4O3/c1-25-14-3-6-19(26-2)7-10-23(17(19)11-14)18(24)16-12-15(21-22-16)13-4-8-20-9-5-13/h4-5,8-9,14-17,21-22H,3,6-7,10-12H2,1-2H3/t14-,15?,16?,17-,19+/m0/s1. The number of aromatic nitrogens is 1. The van der Waals surface area contributed by atoms with E-state index in [1.165, 1.54) is 0 Å². The number of carbonyl (C=O) groups excluding carboxylic acids is 1. The van der Waals surface area contributed by atoms with Crippen molar-refractivity contribution < 1.29 is 14.3 Å². The molecule has 1 aromatic heterocycles. The first-order valence-corrected chi connectivity index (χ1v) is 9.46. The van der Waals surface area contributed by atoms with E-state index in [2.05, 4.69) is 15.8 Å². The molecule has 3 heterocycles. The van der Waals surface area contributed by atoms with E-state index in [-0.39, 0.29) is 35.7 Å². The van der Waals surface area contributed by atoms with E-state index < -0.39 is 0 Å². The fourth-order valence-corrected chi connectivity index (χ4v) is 4.87. The smallest absolute Gasteiger partial charge is 0.241 e.